The van der Waals surface area contributed by atoms with Crippen LogP contribution in [0.15, 0.2) is 28.7 Å². The molecule has 1 saturated heterocycles. The van der Waals surface area contributed by atoms with Crippen LogP contribution in [0.2, 0.25) is 0 Å². The van der Waals surface area contributed by atoms with E-state index in [1.165, 1.54) is 24.8 Å². The molecule has 0 saturated carbocycles. The predicted octanol–water partition coefficient (Wildman–Crippen LogP) is 3.45. The van der Waals surface area contributed by atoms with Crippen molar-refractivity contribution >= 4 is 21.8 Å². The summed E-state index contributed by atoms with van der Waals surface area (Å²) in [5, 5.41) is 8.10. The fraction of sp³-hybridized carbons (Fsp3) is 0.462. The zero-order chi connectivity index (χ0) is 11.4. The summed E-state index contributed by atoms with van der Waals surface area (Å²) >= 11 is 3.46. The van der Waals surface area contributed by atoms with Gasteiger partial charge in [0.15, 0.2) is 0 Å². The molecular formula is C13H17BrN2. The lowest BCUT2D eigenvalue weighted by molar-refractivity contribution is 0.336. The maximum atomic E-state index is 8.10. The Morgan fingerprint density at radius 1 is 1.25 bits per heavy atom. The summed E-state index contributed by atoms with van der Waals surface area (Å²) in [5.74, 6) is 0.762. The highest BCUT2D eigenvalue weighted by atomic mass is 79.9. The Hall–Kier alpha value is -0.830. The van der Waals surface area contributed by atoms with Gasteiger partial charge in [-0.3, -0.25) is 5.41 Å². The van der Waals surface area contributed by atoms with E-state index in [0.29, 0.717) is 0 Å². The van der Waals surface area contributed by atoms with Crippen molar-refractivity contribution in [2.75, 3.05) is 13.1 Å². The first kappa shape index (κ1) is 11.6. The molecule has 0 aliphatic carbocycles. The number of hydrogen-bond acceptors (Lipinski definition) is 1. The number of nitrogens with zero attached hydrogens (tertiary/aromatic N) is 1. The van der Waals surface area contributed by atoms with Crippen molar-refractivity contribution in [2.24, 2.45) is 0 Å². The molecule has 1 aromatic rings. The first-order valence-electron chi connectivity index (χ1n) is 5.82. The predicted molar refractivity (Wildman–Crippen MR) is 71.0 cm³/mol. The van der Waals surface area contributed by atoms with Crippen LogP contribution in [0.4, 0.5) is 0 Å². The van der Waals surface area contributed by atoms with Gasteiger partial charge in [0, 0.05) is 24.0 Å². The minimum Gasteiger partial charge on any atom is -0.360 e. The van der Waals surface area contributed by atoms with Gasteiger partial charge in [-0.15, -0.1) is 0 Å². The van der Waals surface area contributed by atoms with Crippen LogP contribution in [0.3, 0.4) is 0 Å². The number of benzene rings is 1. The zero-order valence-electron chi connectivity index (χ0n) is 9.38. The van der Waals surface area contributed by atoms with E-state index in [1.54, 1.807) is 0 Å². The Bertz CT molecular complexity index is 370. The third-order valence-corrected chi connectivity index (χ3v) is 3.49. The Morgan fingerprint density at radius 3 is 2.69 bits per heavy atom. The molecule has 0 aromatic heterocycles. The van der Waals surface area contributed by atoms with E-state index in [0.717, 1.165) is 29.8 Å². The molecule has 0 spiro atoms. The molecule has 0 atom stereocenters. The van der Waals surface area contributed by atoms with Gasteiger partial charge in [0.05, 0.1) is 0 Å². The molecule has 2 rings (SSSR count). The summed E-state index contributed by atoms with van der Waals surface area (Å²) < 4.78 is 1.09. The molecule has 1 aliphatic rings. The van der Waals surface area contributed by atoms with Crippen LogP contribution < -0.4 is 0 Å². The van der Waals surface area contributed by atoms with Gasteiger partial charge in [-0.05, 0) is 37.0 Å². The maximum Gasteiger partial charge on any atom is 0.100 e. The lowest BCUT2D eigenvalue weighted by Crippen LogP contribution is -2.36. The molecule has 3 heteroatoms. The summed E-state index contributed by atoms with van der Waals surface area (Å²) in [4.78, 5) is 2.21. The van der Waals surface area contributed by atoms with Gasteiger partial charge in [-0.1, -0.05) is 28.1 Å². The molecule has 16 heavy (non-hydrogen) atoms. The summed E-state index contributed by atoms with van der Waals surface area (Å²) in [6.07, 6.45) is 4.54. The van der Waals surface area contributed by atoms with Gasteiger partial charge in [0.1, 0.15) is 5.84 Å². The highest BCUT2D eigenvalue weighted by molar-refractivity contribution is 9.10. The van der Waals surface area contributed by atoms with Crippen molar-refractivity contribution in [3.63, 3.8) is 0 Å². The largest absolute Gasteiger partial charge is 0.360 e. The molecule has 86 valence electrons. The highest BCUT2D eigenvalue weighted by Crippen LogP contribution is 2.15. The summed E-state index contributed by atoms with van der Waals surface area (Å²) in [6, 6.07) is 8.23. The molecule has 0 radical (unpaired) electrons. The number of amidine groups is 1. The van der Waals surface area contributed by atoms with Gasteiger partial charge in [0.2, 0.25) is 0 Å². The Kier molecular flexibility index (Phi) is 3.99. The van der Waals surface area contributed by atoms with Crippen molar-refractivity contribution in [1.29, 1.82) is 5.41 Å². The summed E-state index contributed by atoms with van der Waals surface area (Å²) in [5.41, 5.74) is 1.21. The SMILES string of the molecule is N=C(Cc1cccc(Br)c1)N1CCCCC1. The number of hydrogen-bond donors (Lipinski definition) is 1. The van der Waals surface area contributed by atoms with E-state index in [2.05, 4.69) is 33.0 Å². The van der Waals surface area contributed by atoms with E-state index in [1.807, 2.05) is 12.1 Å². The monoisotopic (exact) mass is 280 g/mol. The summed E-state index contributed by atoms with van der Waals surface area (Å²) in [7, 11) is 0. The van der Waals surface area contributed by atoms with Gasteiger partial charge >= 0.3 is 0 Å². The van der Waals surface area contributed by atoms with Crippen molar-refractivity contribution in [2.45, 2.75) is 25.7 Å². The molecule has 0 bridgehead atoms. The Labute approximate surface area is 105 Å². The average molecular weight is 281 g/mol. The first-order valence-corrected chi connectivity index (χ1v) is 6.62. The topological polar surface area (TPSA) is 27.1 Å². The van der Waals surface area contributed by atoms with E-state index >= 15 is 0 Å². The second-order valence-corrected chi connectivity index (χ2v) is 5.22. The van der Waals surface area contributed by atoms with Crippen LogP contribution in [0.5, 0.6) is 0 Å². The van der Waals surface area contributed by atoms with E-state index < -0.39 is 0 Å². The van der Waals surface area contributed by atoms with Gasteiger partial charge in [0.25, 0.3) is 0 Å². The number of piperidine rings is 1. The quantitative estimate of drug-likeness (QED) is 0.652. The minimum absolute atomic E-state index is 0.749. The second kappa shape index (κ2) is 5.48. The first-order chi connectivity index (χ1) is 7.75. The van der Waals surface area contributed by atoms with Crippen molar-refractivity contribution in [1.82, 2.24) is 4.90 Å². The molecule has 1 fully saturated rings. The molecule has 0 unspecified atom stereocenters. The third kappa shape index (κ3) is 3.08. The van der Waals surface area contributed by atoms with Crippen LogP contribution >= 0.6 is 15.9 Å². The number of halogens is 1. The van der Waals surface area contributed by atoms with E-state index in [-0.39, 0.29) is 0 Å². The maximum absolute atomic E-state index is 8.10. The van der Waals surface area contributed by atoms with Crippen molar-refractivity contribution in [3.05, 3.63) is 34.3 Å². The van der Waals surface area contributed by atoms with Crippen LogP contribution in [-0.4, -0.2) is 23.8 Å². The average Bonchev–Trinajstić information content (AvgIpc) is 2.30. The molecule has 1 aliphatic heterocycles. The standard InChI is InChI=1S/C13H17BrN2/c14-12-6-4-5-11(9-12)10-13(15)16-7-2-1-3-8-16/h4-6,9,15H,1-3,7-8,10H2. The van der Waals surface area contributed by atoms with Gasteiger partial charge in [-0.2, -0.15) is 0 Å². The Balaban J connectivity index is 1.96. The molecule has 1 aromatic carbocycles. The van der Waals surface area contributed by atoms with Crippen molar-refractivity contribution in [3.8, 4) is 0 Å². The van der Waals surface area contributed by atoms with Crippen LogP contribution in [0.25, 0.3) is 0 Å². The minimum atomic E-state index is 0.749. The van der Waals surface area contributed by atoms with Gasteiger partial charge < -0.3 is 4.90 Å². The zero-order valence-corrected chi connectivity index (χ0v) is 11.0. The lowest BCUT2D eigenvalue weighted by Gasteiger charge is -2.29. The van der Waals surface area contributed by atoms with Crippen molar-refractivity contribution < 1.29 is 0 Å². The fourth-order valence-electron chi connectivity index (χ4n) is 2.12. The normalized spacial score (nSPS) is 16.2. The molecule has 1 N–H and O–H groups in total. The third-order valence-electron chi connectivity index (χ3n) is 3.00. The molecule has 0 amide bonds. The van der Waals surface area contributed by atoms with Gasteiger partial charge in [-0.25, -0.2) is 0 Å². The van der Waals surface area contributed by atoms with Crippen LogP contribution in [0.1, 0.15) is 24.8 Å². The molecule has 2 nitrogen and oxygen atoms in total. The van der Waals surface area contributed by atoms with E-state index in [9.17, 15) is 0 Å². The lowest BCUT2D eigenvalue weighted by atomic mass is 10.1. The van der Waals surface area contributed by atoms with Crippen LogP contribution in [0, 0.1) is 5.41 Å². The summed E-state index contributed by atoms with van der Waals surface area (Å²) in [6.45, 7) is 2.12. The number of likely N-dealkylation sites (tertiary alicyclic amines) is 1. The smallest absolute Gasteiger partial charge is 0.100 e. The van der Waals surface area contributed by atoms with E-state index in [4.69, 9.17) is 5.41 Å². The molecule has 1 heterocycles. The second-order valence-electron chi connectivity index (χ2n) is 4.30. The Morgan fingerprint density at radius 2 is 2.00 bits per heavy atom. The van der Waals surface area contributed by atoms with Crippen LogP contribution in [-0.2, 0) is 6.42 Å². The molecular weight excluding hydrogens is 264 g/mol. The number of nitrogens with one attached hydrogen (secondary N) is 1. The highest BCUT2D eigenvalue weighted by Gasteiger charge is 2.13. The number of rotatable bonds is 2. The fourth-order valence-corrected chi connectivity index (χ4v) is 2.56.